The maximum absolute atomic E-state index is 10.6. The van der Waals surface area contributed by atoms with Gasteiger partial charge in [-0.2, -0.15) is 5.26 Å². The third-order valence-corrected chi connectivity index (χ3v) is 3.37. The van der Waals surface area contributed by atoms with E-state index in [2.05, 4.69) is 0 Å². The first kappa shape index (κ1) is 17.1. The first-order chi connectivity index (χ1) is 11.5. The highest BCUT2D eigenvalue weighted by atomic mass is 32.1. The fourth-order valence-electron chi connectivity index (χ4n) is 1.92. The zero-order valence-electron chi connectivity index (χ0n) is 12.5. The van der Waals surface area contributed by atoms with Crippen molar-refractivity contribution in [3.63, 3.8) is 0 Å². The zero-order valence-corrected chi connectivity index (χ0v) is 13.3. The molecular formula is C17H13N3O3S. The van der Waals surface area contributed by atoms with Gasteiger partial charge in [0.15, 0.2) is 0 Å². The molecule has 6 nitrogen and oxygen atoms in total. The maximum Gasteiger partial charge on any atom is 0.269 e. The quantitative estimate of drug-likeness (QED) is 0.285. The number of rotatable bonds is 6. The minimum Gasteiger partial charge on any atom is -0.488 e. The van der Waals surface area contributed by atoms with E-state index >= 15 is 0 Å². The highest BCUT2D eigenvalue weighted by Gasteiger charge is 2.07. The smallest absolute Gasteiger partial charge is 0.269 e. The second-order valence-corrected chi connectivity index (χ2v) is 5.22. The van der Waals surface area contributed by atoms with Gasteiger partial charge >= 0.3 is 0 Å². The second kappa shape index (κ2) is 7.85. The molecule has 120 valence electrons. The van der Waals surface area contributed by atoms with E-state index in [1.165, 1.54) is 12.1 Å². The van der Waals surface area contributed by atoms with Gasteiger partial charge in [-0.05, 0) is 29.8 Å². The molecule has 0 heterocycles. The van der Waals surface area contributed by atoms with Crippen LogP contribution in [0, 0.1) is 21.4 Å². The van der Waals surface area contributed by atoms with Gasteiger partial charge in [0.05, 0.1) is 10.5 Å². The van der Waals surface area contributed by atoms with Gasteiger partial charge in [0.25, 0.3) is 5.69 Å². The standard InChI is InChI=1S/C17H13N3O3S/c18-10-14(17(19)24)9-13-3-1-2-4-16(13)23-11-12-5-7-15(8-6-12)20(21)22/h1-9H,11H2,(H2,19,24)/b14-9-. The van der Waals surface area contributed by atoms with Gasteiger partial charge < -0.3 is 10.5 Å². The minimum absolute atomic E-state index is 0.0164. The van der Waals surface area contributed by atoms with Crippen molar-refractivity contribution < 1.29 is 9.66 Å². The van der Waals surface area contributed by atoms with Crippen LogP contribution in [-0.2, 0) is 6.61 Å². The number of benzene rings is 2. The molecule has 0 spiro atoms. The molecule has 0 bridgehead atoms. The fraction of sp³-hybridized carbons (Fsp3) is 0.0588. The van der Waals surface area contributed by atoms with Crippen LogP contribution in [-0.4, -0.2) is 9.91 Å². The van der Waals surface area contributed by atoms with Crippen LogP contribution in [0.5, 0.6) is 5.75 Å². The number of para-hydroxylation sites is 1. The van der Waals surface area contributed by atoms with E-state index in [1.54, 1.807) is 42.5 Å². The van der Waals surface area contributed by atoms with Gasteiger partial charge in [0.2, 0.25) is 0 Å². The summed E-state index contributed by atoms with van der Waals surface area (Å²) in [5.74, 6) is 0.555. The number of nitrogens with zero attached hydrogens (tertiary/aromatic N) is 2. The highest BCUT2D eigenvalue weighted by Crippen LogP contribution is 2.22. The number of hydrogen-bond acceptors (Lipinski definition) is 5. The average Bonchev–Trinajstić information content (AvgIpc) is 2.58. The number of nitro benzene ring substituents is 1. The normalized spacial score (nSPS) is 10.7. The lowest BCUT2D eigenvalue weighted by Gasteiger charge is -2.09. The third-order valence-electron chi connectivity index (χ3n) is 3.15. The number of nitriles is 1. The molecule has 2 aromatic carbocycles. The molecule has 2 N–H and O–H groups in total. The van der Waals surface area contributed by atoms with Gasteiger partial charge in [-0.3, -0.25) is 10.1 Å². The van der Waals surface area contributed by atoms with Crippen LogP contribution in [0.1, 0.15) is 11.1 Å². The van der Waals surface area contributed by atoms with E-state index in [0.29, 0.717) is 11.3 Å². The van der Waals surface area contributed by atoms with Crippen molar-refractivity contribution in [3.8, 4) is 11.8 Å². The predicted molar refractivity (Wildman–Crippen MR) is 94.2 cm³/mol. The van der Waals surface area contributed by atoms with E-state index in [4.69, 9.17) is 28.0 Å². The molecule has 0 aliphatic carbocycles. The molecule has 0 aromatic heterocycles. The van der Waals surface area contributed by atoms with E-state index in [0.717, 1.165) is 5.56 Å². The molecule has 0 saturated carbocycles. The van der Waals surface area contributed by atoms with Crippen LogP contribution in [0.15, 0.2) is 54.1 Å². The van der Waals surface area contributed by atoms with Crippen molar-refractivity contribution in [2.45, 2.75) is 6.61 Å². The molecule has 24 heavy (non-hydrogen) atoms. The molecule has 0 aliphatic rings. The minimum atomic E-state index is -0.455. The Hall–Kier alpha value is -3.24. The van der Waals surface area contributed by atoms with Crippen molar-refractivity contribution >= 4 is 29.0 Å². The Labute approximate surface area is 143 Å². The number of thiocarbonyl (C=S) groups is 1. The Bertz CT molecular complexity index is 839. The summed E-state index contributed by atoms with van der Waals surface area (Å²) in [6, 6.07) is 15.2. The number of ether oxygens (including phenoxy) is 1. The summed E-state index contributed by atoms with van der Waals surface area (Å²) in [4.78, 5) is 10.2. The Morgan fingerprint density at radius 3 is 2.54 bits per heavy atom. The molecular weight excluding hydrogens is 326 g/mol. The van der Waals surface area contributed by atoms with Crippen LogP contribution in [0.2, 0.25) is 0 Å². The van der Waals surface area contributed by atoms with E-state index < -0.39 is 4.92 Å². The summed E-state index contributed by atoms with van der Waals surface area (Å²) in [6.45, 7) is 0.234. The monoisotopic (exact) mass is 339 g/mol. The van der Waals surface area contributed by atoms with Gasteiger partial charge in [-0.15, -0.1) is 0 Å². The summed E-state index contributed by atoms with van der Waals surface area (Å²) < 4.78 is 5.74. The first-order valence-corrected chi connectivity index (χ1v) is 7.29. The molecule has 0 fully saturated rings. The van der Waals surface area contributed by atoms with E-state index in [-0.39, 0.29) is 22.9 Å². The third kappa shape index (κ3) is 4.38. The summed E-state index contributed by atoms with van der Waals surface area (Å²) in [7, 11) is 0. The van der Waals surface area contributed by atoms with Crippen LogP contribution in [0.25, 0.3) is 6.08 Å². The Balaban J connectivity index is 2.17. The SMILES string of the molecule is N#C/C(=C/c1ccccc1OCc1ccc([N+](=O)[O-])cc1)C(N)=S. The average molecular weight is 339 g/mol. The molecule has 2 rings (SSSR count). The van der Waals surface area contributed by atoms with E-state index in [9.17, 15) is 10.1 Å². The van der Waals surface area contributed by atoms with Gasteiger partial charge in [0.1, 0.15) is 23.4 Å². The predicted octanol–water partition coefficient (Wildman–Crippen LogP) is 3.37. The molecule has 7 heteroatoms. The largest absolute Gasteiger partial charge is 0.488 e. The maximum atomic E-state index is 10.6. The molecule has 0 atom stereocenters. The Morgan fingerprint density at radius 1 is 1.29 bits per heavy atom. The second-order valence-electron chi connectivity index (χ2n) is 4.78. The zero-order chi connectivity index (χ0) is 17.5. The molecule has 0 saturated heterocycles. The lowest BCUT2D eigenvalue weighted by Crippen LogP contribution is -2.09. The molecule has 0 amide bonds. The van der Waals surface area contributed by atoms with Crippen LogP contribution >= 0.6 is 12.2 Å². The fourth-order valence-corrected chi connectivity index (χ4v) is 2.02. The van der Waals surface area contributed by atoms with Gasteiger partial charge in [-0.1, -0.05) is 30.4 Å². The lowest BCUT2D eigenvalue weighted by molar-refractivity contribution is -0.384. The van der Waals surface area contributed by atoms with Crippen molar-refractivity contribution in [2.75, 3.05) is 0 Å². The topological polar surface area (TPSA) is 102 Å². The van der Waals surface area contributed by atoms with Gasteiger partial charge in [0, 0.05) is 17.7 Å². The molecule has 0 radical (unpaired) electrons. The number of nitro groups is 1. The lowest BCUT2D eigenvalue weighted by atomic mass is 10.1. The van der Waals surface area contributed by atoms with Crippen molar-refractivity contribution in [3.05, 3.63) is 75.3 Å². The molecule has 2 aromatic rings. The van der Waals surface area contributed by atoms with E-state index in [1.807, 2.05) is 6.07 Å². The number of non-ortho nitro benzene ring substituents is 1. The Morgan fingerprint density at radius 2 is 1.96 bits per heavy atom. The molecule has 0 aliphatic heterocycles. The summed E-state index contributed by atoms with van der Waals surface area (Å²) in [5, 5.41) is 19.7. The molecule has 0 unspecified atom stereocenters. The number of nitrogens with two attached hydrogens (primary N) is 1. The van der Waals surface area contributed by atoms with Crippen molar-refractivity contribution in [2.24, 2.45) is 5.73 Å². The summed E-state index contributed by atoms with van der Waals surface area (Å²) in [6.07, 6.45) is 1.56. The van der Waals surface area contributed by atoms with Crippen LogP contribution in [0.3, 0.4) is 0 Å². The van der Waals surface area contributed by atoms with Crippen LogP contribution in [0.4, 0.5) is 5.69 Å². The highest BCUT2D eigenvalue weighted by molar-refractivity contribution is 7.80. The Kier molecular flexibility index (Phi) is 5.60. The van der Waals surface area contributed by atoms with Crippen molar-refractivity contribution in [1.29, 1.82) is 5.26 Å². The summed E-state index contributed by atoms with van der Waals surface area (Å²) >= 11 is 4.82. The number of hydrogen-bond donors (Lipinski definition) is 1. The first-order valence-electron chi connectivity index (χ1n) is 6.88. The van der Waals surface area contributed by atoms with Crippen LogP contribution < -0.4 is 10.5 Å². The van der Waals surface area contributed by atoms with Crippen molar-refractivity contribution in [1.82, 2.24) is 0 Å². The van der Waals surface area contributed by atoms with Gasteiger partial charge in [-0.25, -0.2) is 0 Å². The summed E-state index contributed by atoms with van der Waals surface area (Å²) in [5.41, 5.74) is 7.17.